The number of aldehydes is 1. The van der Waals surface area contributed by atoms with Crippen LogP contribution < -0.4 is 0 Å². The summed E-state index contributed by atoms with van der Waals surface area (Å²) >= 11 is 0. The molecule has 2 rings (SSSR count). The molecule has 0 aromatic rings. The quantitative estimate of drug-likeness (QED) is 0.0633. The van der Waals surface area contributed by atoms with E-state index in [2.05, 4.69) is 8.37 Å². The van der Waals surface area contributed by atoms with E-state index in [0.717, 1.165) is 0 Å². The summed E-state index contributed by atoms with van der Waals surface area (Å²) < 4.78 is 81.6. The predicted molar refractivity (Wildman–Crippen MR) is 127 cm³/mol. The molecule has 0 unspecified atom stereocenters. The van der Waals surface area contributed by atoms with E-state index in [4.69, 9.17) is 38.6 Å². The summed E-state index contributed by atoms with van der Waals surface area (Å²) in [5.41, 5.74) is 0. The van der Waals surface area contributed by atoms with Crippen molar-refractivity contribution in [1.82, 2.24) is 0 Å². The van der Waals surface area contributed by atoms with E-state index in [-0.39, 0.29) is 6.29 Å². The summed E-state index contributed by atoms with van der Waals surface area (Å²) in [5.74, 6) is 0. The third-order valence-corrected chi connectivity index (χ3v) is 6.75. The Kier molecular flexibility index (Phi) is 15.7. The molecule has 0 spiro atoms. The number of carbonyl (C=O) groups excluding carboxylic acids is 1. The van der Waals surface area contributed by atoms with Gasteiger partial charge in [0, 0.05) is 0 Å². The Morgan fingerprint density at radius 3 is 1.70 bits per heavy atom. The first-order chi connectivity index (χ1) is 19.7. The lowest BCUT2D eigenvalue weighted by Gasteiger charge is -2.45. The fourth-order valence-electron chi connectivity index (χ4n) is 3.64. The fraction of sp³-hybridized carbons (Fsp3) is 0.944. The first-order valence-corrected chi connectivity index (χ1v) is 14.5. The molecule has 2 aliphatic rings. The van der Waals surface area contributed by atoms with Crippen molar-refractivity contribution in [2.24, 2.45) is 0 Å². The molecule has 0 aliphatic carbocycles. The van der Waals surface area contributed by atoms with Gasteiger partial charge in [-0.15, -0.1) is 0 Å². The van der Waals surface area contributed by atoms with Crippen molar-refractivity contribution < 1.29 is 109 Å². The van der Waals surface area contributed by atoms with Crippen LogP contribution in [0.1, 0.15) is 0 Å². The summed E-state index contributed by atoms with van der Waals surface area (Å²) in [6, 6.07) is 0. The van der Waals surface area contributed by atoms with E-state index in [0.29, 0.717) is 0 Å². The van der Waals surface area contributed by atoms with E-state index >= 15 is 0 Å². The summed E-state index contributed by atoms with van der Waals surface area (Å²) in [6.45, 7) is -2.47. The van der Waals surface area contributed by atoms with Gasteiger partial charge in [-0.05, 0) is 0 Å². The van der Waals surface area contributed by atoms with E-state index in [1.54, 1.807) is 0 Å². The van der Waals surface area contributed by atoms with Crippen LogP contribution in [-0.4, -0.2) is 194 Å². The maximum Gasteiger partial charge on any atom is 0.398 e. The van der Waals surface area contributed by atoms with Gasteiger partial charge in [-0.1, -0.05) is 0 Å². The van der Waals surface area contributed by atoms with Gasteiger partial charge in [0.2, 0.25) is 0 Å². The Hall–Kier alpha value is -1.15. The second-order valence-corrected chi connectivity index (χ2v) is 11.0. The lowest BCUT2D eigenvalue weighted by atomic mass is 9.97. The average molecular weight is 683 g/mol. The number of ether oxygens (including phenoxy) is 3. The molecular weight excluding hydrogens is 648 g/mol. The molecule has 43 heavy (non-hydrogen) atoms. The van der Waals surface area contributed by atoms with E-state index < -0.39 is 126 Å². The molecule has 0 bridgehead atoms. The SMILES string of the molecule is O=C[C@H](OS(=O)(=O)O)[C@@H](OS(=O)(=O)O)[C@@H](O)[C@H](O)CO.OC[C@H]1O[C@@H](O[C@H]2[C@H](O)[C@@H](O)[C@@H](O)O[C@@H]2CO)[C@H](O)[C@@H](O)[C@H]1O. The summed E-state index contributed by atoms with van der Waals surface area (Å²) in [4.78, 5) is 10.6. The standard InChI is InChI=1S/C12H22O11.C6H12O12S2/c13-1-3-5(15)6(16)9(19)12(22-3)23-10-4(2-14)21-11(20)8(18)7(10)17;7-1-3(9)5(10)6(18-20(14,15)16)4(2-8)17-19(11,12)13/h3-20H,1-2H2;2-7,9-10H,1H2,(H,11,12,13)(H,14,15,16)/t3-,4-,5+,6+,7-,8-,9-,10-,11+,12+;3-,4+,5+,6-/m11/s1. The first-order valence-electron chi connectivity index (χ1n) is 11.7. The van der Waals surface area contributed by atoms with Gasteiger partial charge in [0.15, 0.2) is 25.0 Å². The van der Waals surface area contributed by atoms with Crippen LogP contribution in [0.5, 0.6) is 0 Å². The Bertz CT molecular complexity index is 1050. The normalized spacial score (nSPS) is 36.5. The molecule has 0 saturated carbocycles. The summed E-state index contributed by atoms with van der Waals surface area (Å²) in [6.07, 6.45) is -25.2. The monoisotopic (exact) mass is 682 g/mol. The van der Waals surface area contributed by atoms with Gasteiger partial charge in [-0.3, -0.25) is 9.11 Å². The molecule has 0 aromatic carbocycles. The lowest BCUT2D eigenvalue weighted by molar-refractivity contribution is -0.355. The number of hydrogen-bond acceptors (Lipinski definition) is 21. The molecule has 25 heteroatoms. The maximum absolute atomic E-state index is 10.6. The van der Waals surface area contributed by atoms with Crippen LogP contribution in [0.15, 0.2) is 0 Å². The average Bonchev–Trinajstić information content (AvgIpc) is 2.93. The third-order valence-electron chi connectivity index (χ3n) is 5.82. The lowest BCUT2D eigenvalue weighted by Crippen LogP contribution is -2.64. The van der Waals surface area contributed by atoms with Crippen LogP contribution in [0.4, 0.5) is 0 Å². The molecule has 2 saturated heterocycles. The van der Waals surface area contributed by atoms with Gasteiger partial charge < -0.3 is 75.2 Å². The Morgan fingerprint density at radius 1 is 0.721 bits per heavy atom. The van der Waals surface area contributed by atoms with Crippen LogP contribution in [0, 0.1) is 0 Å². The van der Waals surface area contributed by atoms with Crippen molar-refractivity contribution in [2.45, 2.75) is 85.8 Å². The predicted octanol–water partition coefficient (Wildman–Crippen LogP) is -9.12. The van der Waals surface area contributed by atoms with Crippen LogP contribution in [0.2, 0.25) is 0 Å². The number of aliphatic hydroxyl groups is 11. The van der Waals surface area contributed by atoms with Gasteiger partial charge in [0.1, 0.15) is 67.1 Å². The Morgan fingerprint density at radius 2 is 1.26 bits per heavy atom. The number of rotatable bonds is 13. The maximum atomic E-state index is 10.6. The van der Waals surface area contributed by atoms with Gasteiger partial charge >= 0.3 is 20.8 Å². The Labute approximate surface area is 242 Å². The summed E-state index contributed by atoms with van der Waals surface area (Å²) in [7, 11) is -10.5. The van der Waals surface area contributed by atoms with Crippen molar-refractivity contribution in [1.29, 1.82) is 0 Å². The molecule has 13 N–H and O–H groups in total. The highest BCUT2D eigenvalue weighted by molar-refractivity contribution is 7.81. The van der Waals surface area contributed by atoms with Gasteiger partial charge in [0.05, 0.1) is 19.8 Å². The first kappa shape index (κ1) is 39.9. The summed E-state index contributed by atoms with van der Waals surface area (Å²) in [5, 5.41) is 104. The van der Waals surface area contributed by atoms with E-state index in [9.17, 15) is 62.5 Å². The van der Waals surface area contributed by atoms with Crippen molar-refractivity contribution in [3.05, 3.63) is 0 Å². The molecule has 0 amide bonds. The molecule has 256 valence electrons. The third kappa shape index (κ3) is 11.6. The molecule has 0 aromatic heterocycles. The molecule has 23 nitrogen and oxygen atoms in total. The zero-order valence-electron chi connectivity index (χ0n) is 21.5. The smallest absolute Gasteiger partial charge is 0.394 e. The minimum Gasteiger partial charge on any atom is -0.394 e. The van der Waals surface area contributed by atoms with Gasteiger partial charge in [-0.25, -0.2) is 8.37 Å². The number of aliphatic hydroxyl groups excluding tert-OH is 11. The van der Waals surface area contributed by atoms with Crippen LogP contribution in [-0.2, 0) is 48.2 Å². The molecule has 0 radical (unpaired) electrons. The second kappa shape index (κ2) is 17.0. The van der Waals surface area contributed by atoms with Gasteiger partial charge in [0.25, 0.3) is 0 Å². The minimum absolute atomic E-state index is 0.378. The van der Waals surface area contributed by atoms with Gasteiger partial charge in [-0.2, -0.15) is 16.8 Å². The highest BCUT2D eigenvalue weighted by Crippen LogP contribution is 2.28. The fourth-order valence-corrected chi connectivity index (χ4v) is 4.58. The molecule has 2 heterocycles. The second-order valence-electron chi connectivity index (χ2n) is 8.88. The molecule has 14 atom stereocenters. The highest BCUT2D eigenvalue weighted by atomic mass is 32.3. The zero-order chi connectivity index (χ0) is 33.4. The Balaban J connectivity index is 0.000000436. The molecule has 2 fully saturated rings. The van der Waals surface area contributed by atoms with Crippen LogP contribution >= 0.6 is 0 Å². The van der Waals surface area contributed by atoms with Crippen molar-refractivity contribution in [3.8, 4) is 0 Å². The van der Waals surface area contributed by atoms with Crippen LogP contribution in [0.3, 0.4) is 0 Å². The molecular formula is C18H34O23S2. The minimum atomic E-state index is -5.29. The van der Waals surface area contributed by atoms with Crippen molar-refractivity contribution in [2.75, 3.05) is 19.8 Å². The zero-order valence-corrected chi connectivity index (χ0v) is 23.1. The topological polar surface area (TPSA) is 394 Å². The van der Waals surface area contributed by atoms with Crippen molar-refractivity contribution in [3.63, 3.8) is 0 Å². The molecule has 2 aliphatic heterocycles. The number of carbonyl (C=O) groups is 1. The van der Waals surface area contributed by atoms with Crippen LogP contribution in [0.25, 0.3) is 0 Å². The highest BCUT2D eigenvalue weighted by Gasteiger charge is 2.50. The van der Waals surface area contributed by atoms with E-state index in [1.165, 1.54) is 0 Å². The van der Waals surface area contributed by atoms with Crippen molar-refractivity contribution >= 4 is 27.1 Å². The largest absolute Gasteiger partial charge is 0.398 e. The van der Waals surface area contributed by atoms with E-state index in [1.807, 2.05) is 0 Å². The number of hydrogen-bond donors (Lipinski definition) is 13.